The largest absolute Gasteiger partial charge is 0.349 e. The van der Waals surface area contributed by atoms with Crippen molar-refractivity contribution in [1.82, 2.24) is 25.9 Å². The lowest BCUT2D eigenvalue weighted by atomic mass is 10.0. The summed E-state index contributed by atoms with van der Waals surface area (Å²) < 4.78 is 0. The molecule has 3 heterocycles. The molecule has 0 radical (unpaired) electrons. The Morgan fingerprint density at radius 2 is 2.15 bits per heavy atom. The molecule has 0 saturated carbocycles. The SMILES string of the molecule is O=C(CCCC[C@@H]1SC[C@@H]2NC(=O)N[C@H]21)NCc1nc2ccccc2[nH]1. The molecule has 1 aromatic heterocycles. The fourth-order valence-electron chi connectivity index (χ4n) is 3.63. The minimum Gasteiger partial charge on any atom is -0.349 e. The van der Waals surface area contributed by atoms with Crippen molar-refractivity contribution in [2.24, 2.45) is 0 Å². The van der Waals surface area contributed by atoms with Crippen LogP contribution in [0, 0.1) is 0 Å². The monoisotopic (exact) mass is 373 g/mol. The number of unbranched alkanes of at least 4 members (excludes halogenated alkanes) is 1. The summed E-state index contributed by atoms with van der Waals surface area (Å²) in [7, 11) is 0. The molecule has 0 spiro atoms. The van der Waals surface area contributed by atoms with Gasteiger partial charge in [-0.15, -0.1) is 0 Å². The number of urea groups is 1. The summed E-state index contributed by atoms with van der Waals surface area (Å²) >= 11 is 1.91. The van der Waals surface area contributed by atoms with E-state index in [1.807, 2.05) is 36.0 Å². The minimum atomic E-state index is -0.0461. The summed E-state index contributed by atoms with van der Waals surface area (Å²) in [5, 5.41) is 9.34. The lowest BCUT2D eigenvalue weighted by molar-refractivity contribution is -0.121. The summed E-state index contributed by atoms with van der Waals surface area (Å²) in [5.41, 5.74) is 1.90. The summed E-state index contributed by atoms with van der Waals surface area (Å²) in [6, 6.07) is 8.30. The van der Waals surface area contributed by atoms with Crippen LogP contribution in [0.25, 0.3) is 11.0 Å². The van der Waals surface area contributed by atoms with Crippen molar-refractivity contribution in [3.63, 3.8) is 0 Å². The molecule has 2 saturated heterocycles. The lowest BCUT2D eigenvalue weighted by Crippen LogP contribution is -2.36. The molecule has 0 unspecified atom stereocenters. The molecular weight excluding hydrogens is 350 g/mol. The number of nitrogens with zero attached hydrogens (tertiary/aromatic N) is 1. The van der Waals surface area contributed by atoms with Crippen molar-refractivity contribution >= 4 is 34.7 Å². The Labute approximate surface area is 156 Å². The van der Waals surface area contributed by atoms with Crippen molar-refractivity contribution in [2.75, 3.05) is 5.75 Å². The number of carbonyl (C=O) groups excluding carboxylic acids is 2. The van der Waals surface area contributed by atoms with Crippen LogP contribution in [0.2, 0.25) is 0 Å². The van der Waals surface area contributed by atoms with Gasteiger partial charge in [-0.05, 0) is 25.0 Å². The van der Waals surface area contributed by atoms with Crippen molar-refractivity contribution in [1.29, 1.82) is 0 Å². The van der Waals surface area contributed by atoms with Crippen LogP contribution in [-0.2, 0) is 11.3 Å². The van der Waals surface area contributed by atoms with E-state index in [9.17, 15) is 9.59 Å². The Kier molecular flexibility index (Phi) is 5.01. The predicted octanol–water partition coefficient (Wildman–Crippen LogP) is 1.90. The first-order chi connectivity index (χ1) is 12.7. The molecule has 0 aliphatic carbocycles. The first-order valence-corrected chi connectivity index (χ1v) is 10.1. The summed E-state index contributed by atoms with van der Waals surface area (Å²) in [5.74, 6) is 1.81. The molecule has 2 fully saturated rings. The molecule has 2 aromatic rings. The van der Waals surface area contributed by atoms with Gasteiger partial charge in [-0.1, -0.05) is 18.6 Å². The number of carbonyl (C=O) groups is 2. The molecule has 138 valence electrons. The molecule has 1 aromatic carbocycles. The topological polar surface area (TPSA) is 98.9 Å². The highest BCUT2D eigenvalue weighted by Crippen LogP contribution is 2.33. The summed E-state index contributed by atoms with van der Waals surface area (Å²) in [4.78, 5) is 31.1. The van der Waals surface area contributed by atoms with Gasteiger partial charge in [0.15, 0.2) is 0 Å². The van der Waals surface area contributed by atoms with Gasteiger partial charge < -0.3 is 20.9 Å². The van der Waals surface area contributed by atoms with Gasteiger partial charge in [0.25, 0.3) is 0 Å². The number of hydrogen-bond donors (Lipinski definition) is 4. The number of aromatic amines is 1. The fraction of sp³-hybridized carbons (Fsp3) is 0.500. The number of thioether (sulfide) groups is 1. The van der Waals surface area contributed by atoms with E-state index in [4.69, 9.17) is 0 Å². The normalized spacial score (nSPS) is 24.3. The number of para-hydroxylation sites is 2. The first kappa shape index (κ1) is 17.2. The highest BCUT2D eigenvalue weighted by molar-refractivity contribution is 8.00. The number of fused-ring (bicyclic) bond motifs is 2. The van der Waals surface area contributed by atoms with Gasteiger partial charge in [0.05, 0.1) is 29.7 Å². The second-order valence-corrected chi connectivity index (χ2v) is 8.12. The van der Waals surface area contributed by atoms with Gasteiger partial charge in [-0.3, -0.25) is 4.79 Å². The maximum atomic E-state index is 12.0. The Bertz CT molecular complexity index is 775. The highest BCUT2D eigenvalue weighted by Gasteiger charge is 2.42. The van der Waals surface area contributed by atoms with E-state index in [0.29, 0.717) is 18.2 Å². The van der Waals surface area contributed by atoms with Crippen LogP contribution in [0.5, 0.6) is 0 Å². The van der Waals surface area contributed by atoms with E-state index in [-0.39, 0.29) is 24.0 Å². The number of hydrogen-bond acceptors (Lipinski definition) is 4. The van der Waals surface area contributed by atoms with Crippen LogP contribution >= 0.6 is 11.8 Å². The maximum Gasteiger partial charge on any atom is 0.315 e. The van der Waals surface area contributed by atoms with Crippen molar-refractivity contribution in [2.45, 2.75) is 49.6 Å². The molecule has 26 heavy (non-hydrogen) atoms. The second-order valence-electron chi connectivity index (χ2n) is 6.85. The molecule has 2 aliphatic heterocycles. The van der Waals surface area contributed by atoms with Gasteiger partial charge in [-0.25, -0.2) is 9.78 Å². The van der Waals surface area contributed by atoms with Crippen LogP contribution in [0.3, 0.4) is 0 Å². The number of benzene rings is 1. The smallest absolute Gasteiger partial charge is 0.315 e. The van der Waals surface area contributed by atoms with E-state index < -0.39 is 0 Å². The average Bonchev–Trinajstić information content (AvgIpc) is 3.30. The Morgan fingerprint density at radius 1 is 1.27 bits per heavy atom. The molecule has 3 amide bonds. The fourth-order valence-corrected chi connectivity index (χ4v) is 5.18. The number of amides is 3. The third-order valence-electron chi connectivity index (χ3n) is 4.97. The van der Waals surface area contributed by atoms with Crippen LogP contribution < -0.4 is 16.0 Å². The second kappa shape index (κ2) is 7.57. The molecule has 0 bridgehead atoms. The Hall–Kier alpha value is -2.22. The molecule has 4 N–H and O–H groups in total. The zero-order valence-electron chi connectivity index (χ0n) is 14.5. The molecule has 7 nitrogen and oxygen atoms in total. The molecule has 8 heteroatoms. The number of nitrogens with one attached hydrogen (secondary N) is 4. The zero-order chi connectivity index (χ0) is 17.9. The van der Waals surface area contributed by atoms with Gasteiger partial charge >= 0.3 is 6.03 Å². The van der Waals surface area contributed by atoms with E-state index in [0.717, 1.165) is 41.9 Å². The van der Waals surface area contributed by atoms with Gasteiger partial charge in [-0.2, -0.15) is 11.8 Å². The number of H-pyrrole nitrogens is 1. The highest BCUT2D eigenvalue weighted by atomic mass is 32.2. The van der Waals surface area contributed by atoms with Crippen molar-refractivity contribution < 1.29 is 9.59 Å². The first-order valence-electron chi connectivity index (χ1n) is 9.08. The quantitative estimate of drug-likeness (QED) is 0.440. The minimum absolute atomic E-state index is 0.0461. The third-order valence-corrected chi connectivity index (χ3v) is 6.48. The van der Waals surface area contributed by atoms with Crippen LogP contribution in [0.1, 0.15) is 31.5 Å². The zero-order valence-corrected chi connectivity index (χ0v) is 15.3. The van der Waals surface area contributed by atoms with E-state index in [1.165, 1.54) is 0 Å². The number of aromatic nitrogens is 2. The molecule has 3 atom stereocenters. The Balaban J connectivity index is 1.15. The molecule has 2 aliphatic rings. The third kappa shape index (κ3) is 3.80. The summed E-state index contributed by atoms with van der Waals surface area (Å²) in [6.45, 7) is 0.424. The summed E-state index contributed by atoms with van der Waals surface area (Å²) in [6.07, 6.45) is 3.41. The lowest BCUT2D eigenvalue weighted by Gasteiger charge is -2.16. The number of rotatable bonds is 7. The molecular formula is C18H23N5O2S. The van der Waals surface area contributed by atoms with E-state index in [2.05, 4.69) is 25.9 Å². The van der Waals surface area contributed by atoms with Gasteiger partial charge in [0.1, 0.15) is 5.82 Å². The standard InChI is InChI=1S/C18H23N5O2S/c24-16(19-9-15-20-11-5-1-2-6-12(11)21-15)8-4-3-7-14-17-13(10-26-14)22-18(25)23-17/h1-2,5-6,13-14,17H,3-4,7-10H2,(H,19,24)(H,20,21)(H2,22,23,25)/t13-,14-,17+/m0/s1. The van der Waals surface area contributed by atoms with Crippen LogP contribution in [0.4, 0.5) is 4.79 Å². The van der Waals surface area contributed by atoms with E-state index in [1.54, 1.807) is 0 Å². The van der Waals surface area contributed by atoms with Crippen LogP contribution in [0.15, 0.2) is 24.3 Å². The van der Waals surface area contributed by atoms with Crippen molar-refractivity contribution in [3.8, 4) is 0 Å². The average molecular weight is 373 g/mol. The van der Waals surface area contributed by atoms with Crippen molar-refractivity contribution in [3.05, 3.63) is 30.1 Å². The van der Waals surface area contributed by atoms with Gasteiger partial charge in [0.2, 0.25) is 5.91 Å². The Morgan fingerprint density at radius 3 is 3.04 bits per heavy atom. The van der Waals surface area contributed by atoms with Gasteiger partial charge in [0, 0.05) is 17.4 Å². The van der Waals surface area contributed by atoms with E-state index >= 15 is 0 Å². The number of imidazole rings is 1. The molecule has 4 rings (SSSR count). The maximum absolute atomic E-state index is 12.0. The predicted molar refractivity (Wildman–Crippen MR) is 102 cm³/mol. The van der Waals surface area contributed by atoms with Crippen LogP contribution in [-0.4, -0.2) is 45.0 Å².